The van der Waals surface area contributed by atoms with Crippen LogP contribution in [0.25, 0.3) is 11.3 Å². The summed E-state index contributed by atoms with van der Waals surface area (Å²) in [5.41, 5.74) is 3.56. The van der Waals surface area contributed by atoms with Gasteiger partial charge in [0.2, 0.25) is 0 Å². The molecule has 7 heteroatoms. The van der Waals surface area contributed by atoms with Crippen molar-refractivity contribution in [3.8, 4) is 11.3 Å². The lowest BCUT2D eigenvalue weighted by molar-refractivity contribution is 0.0636. The average Bonchev–Trinajstić information content (AvgIpc) is 3.02. The first-order valence-electron chi connectivity index (χ1n) is 8.46. The van der Waals surface area contributed by atoms with Crippen LogP contribution in [0.3, 0.4) is 0 Å². The van der Waals surface area contributed by atoms with Gasteiger partial charge in [0.1, 0.15) is 5.60 Å². The van der Waals surface area contributed by atoms with E-state index in [0.29, 0.717) is 10.7 Å². The molecule has 27 heavy (non-hydrogen) atoms. The molecule has 3 aromatic rings. The van der Waals surface area contributed by atoms with Crippen molar-refractivity contribution in [2.24, 2.45) is 0 Å². The molecular weight excluding hydrogens is 364 g/mol. The number of carbonyl (C=O) groups excluding carboxylic acids is 1. The van der Waals surface area contributed by atoms with Crippen LogP contribution in [0.15, 0.2) is 54.7 Å². The molecule has 0 aliphatic rings. The van der Waals surface area contributed by atoms with Crippen LogP contribution in [-0.4, -0.2) is 21.9 Å². The summed E-state index contributed by atoms with van der Waals surface area (Å²) in [7, 11) is 0. The van der Waals surface area contributed by atoms with Gasteiger partial charge in [0.15, 0.2) is 0 Å². The number of rotatable bonds is 4. The molecule has 3 rings (SSSR count). The number of halogens is 1. The Kier molecular flexibility index (Phi) is 5.37. The van der Waals surface area contributed by atoms with E-state index in [4.69, 9.17) is 16.3 Å². The number of hydrogen-bond donors (Lipinski definition) is 3. The van der Waals surface area contributed by atoms with Crippen LogP contribution in [0, 0.1) is 0 Å². The predicted octanol–water partition coefficient (Wildman–Crippen LogP) is 5.82. The minimum Gasteiger partial charge on any atom is -0.444 e. The SMILES string of the molecule is CC(C)(C)OC(=O)Nc1ccc(-c2[nH]ncc2Nc2cccc(Cl)c2)cc1. The molecule has 140 valence electrons. The summed E-state index contributed by atoms with van der Waals surface area (Å²) < 4.78 is 5.25. The van der Waals surface area contributed by atoms with Gasteiger partial charge >= 0.3 is 6.09 Å². The van der Waals surface area contributed by atoms with Crippen LogP contribution in [0.5, 0.6) is 0 Å². The second-order valence-electron chi connectivity index (χ2n) is 7.00. The van der Waals surface area contributed by atoms with Crippen LogP contribution >= 0.6 is 11.6 Å². The maximum atomic E-state index is 11.9. The van der Waals surface area contributed by atoms with E-state index in [9.17, 15) is 4.79 Å². The molecule has 0 spiro atoms. The molecule has 0 aliphatic heterocycles. The smallest absolute Gasteiger partial charge is 0.412 e. The van der Waals surface area contributed by atoms with Gasteiger partial charge in [-0.1, -0.05) is 29.8 Å². The maximum absolute atomic E-state index is 11.9. The number of hydrogen-bond acceptors (Lipinski definition) is 4. The van der Waals surface area contributed by atoms with Crippen LogP contribution in [0.1, 0.15) is 20.8 Å². The van der Waals surface area contributed by atoms with Gasteiger partial charge < -0.3 is 10.1 Å². The Morgan fingerprint density at radius 3 is 2.52 bits per heavy atom. The highest BCUT2D eigenvalue weighted by atomic mass is 35.5. The van der Waals surface area contributed by atoms with E-state index >= 15 is 0 Å². The Morgan fingerprint density at radius 1 is 1.11 bits per heavy atom. The predicted molar refractivity (Wildman–Crippen MR) is 109 cm³/mol. The van der Waals surface area contributed by atoms with Crippen molar-refractivity contribution in [1.29, 1.82) is 0 Å². The fourth-order valence-electron chi connectivity index (χ4n) is 2.46. The van der Waals surface area contributed by atoms with Crippen LogP contribution in [0.4, 0.5) is 21.9 Å². The molecule has 1 amide bonds. The van der Waals surface area contributed by atoms with Crippen molar-refractivity contribution in [3.63, 3.8) is 0 Å². The van der Waals surface area contributed by atoms with Gasteiger partial charge in [-0.05, 0) is 51.1 Å². The quantitative estimate of drug-likeness (QED) is 0.529. The number of carbonyl (C=O) groups is 1. The van der Waals surface area contributed by atoms with E-state index in [1.807, 2.05) is 69.3 Å². The van der Waals surface area contributed by atoms with Crippen molar-refractivity contribution >= 4 is 34.8 Å². The Labute approximate surface area is 162 Å². The van der Waals surface area contributed by atoms with Crippen molar-refractivity contribution in [1.82, 2.24) is 10.2 Å². The number of nitrogens with one attached hydrogen (secondary N) is 3. The van der Waals surface area contributed by atoms with E-state index in [0.717, 1.165) is 22.6 Å². The summed E-state index contributed by atoms with van der Waals surface area (Å²) in [4.78, 5) is 11.9. The van der Waals surface area contributed by atoms with Crippen molar-refractivity contribution in [2.45, 2.75) is 26.4 Å². The Morgan fingerprint density at radius 2 is 1.85 bits per heavy atom. The third kappa shape index (κ3) is 5.24. The minimum absolute atomic E-state index is 0.486. The van der Waals surface area contributed by atoms with Gasteiger partial charge in [-0.3, -0.25) is 10.4 Å². The Balaban J connectivity index is 1.73. The summed E-state index contributed by atoms with van der Waals surface area (Å²) in [6, 6.07) is 14.9. The molecule has 0 radical (unpaired) electrons. The average molecular weight is 385 g/mol. The third-order valence-corrected chi connectivity index (χ3v) is 3.80. The fraction of sp³-hybridized carbons (Fsp3) is 0.200. The molecule has 1 heterocycles. The molecular formula is C20H21ClN4O2. The Bertz CT molecular complexity index is 930. The summed E-state index contributed by atoms with van der Waals surface area (Å²) in [6.45, 7) is 5.47. The number of nitrogens with zero attached hydrogens (tertiary/aromatic N) is 1. The van der Waals surface area contributed by atoms with Gasteiger partial charge in [0.05, 0.1) is 17.6 Å². The van der Waals surface area contributed by atoms with Crippen molar-refractivity contribution in [3.05, 3.63) is 59.8 Å². The normalized spacial score (nSPS) is 11.1. The van der Waals surface area contributed by atoms with E-state index in [-0.39, 0.29) is 0 Å². The first-order chi connectivity index (χ1) is 12.8. The van der Waals surface area contributed by atoms with Gasteiger partial charge in [-0.25, -0.2) is 4.79 Å². The zero-order valence-corrected chi connectivity index (χ0v) is 16.1. The number of aromatic nitrogens is 2. The highest BCUT2D eigenvalue weighted by Crippen LogP contribution is 2.29. The lowest BCUT2D eigenvalue weighted by Gasteiger charge is -2.19. The standard InChI is InChI=1S/C20H21ClN4O2/c1-20(2,3)27-19(26)24-15-9-7-13(8-10-15)18-17(12-22-25-18)23-16-6-4-5-14(21)11-16/h4-12,23H,1-3H3,(H,22,25)(H,24,26). The van der Waals surface area contributed by atoms with E-state index in [1.165, 1.54) is 0 Å². The zero-order chi connectivity index (χ0) is 19.4. The molecule has 1 aromatic heterocycles. The summed E-state index contributed by atoms with van der Waals surface area (Å²) >= 11 is 6.03. The molecule has 0 aliphatic carbocycles. The van der Waals surface area contributed by atoms with Gasteiger partial charge in [0, 0.05) is 22.0 Å². The van der Waals surface area contributed by atoms with E-state index in [1.54, 1.807) is 6.20 Å². The molecule has 0 bridgehead atoms. The minimum atomic E-state index is -0.541. The highest BCUT2D eigenvalue weighted by molar-refractivity contribution is 6.30. The summed E-state index contributed by atoms with van der Waals surface area (Å²) in [6.07, 6.45) is 1.23. The monoisotopic (exact) mass is 384 g/mol. The molecule has 0 fully saturated rings. The Hall–Kier alpha value is -2.99. The topological polar surface area (TPSA) is 79.0 Å². The van der Waals surface area contributed by atoms with E-state index in [2.05, 4.69) is 20.8 Å². The van der Waals surface area contributed by atoms with Gasteiger partial charge in [-0.15, -0.1) is 0 Å². The third-order valence-electron chi connectivity index (χ3n) is 3.56. The van der Waals surface area contributed by atoms with Crippen LogP contribution in [0.2, 0.25) is 5.02 Å². The number of benzene rings is 2. The van der Waals surface area contributed by atoms with Crippen LogP contribution < -0.4 is 10.6 Å². The van der Waals surface area contributed by atoms with Crippen molar-refractivity contribution in [2.75, 3.05) is 10.6 Å². The molecule has 0 atom stereocenters. The first kappa shape index (κ1) is 18.8. The van der Waals surface area contributed by atoms with E-state index < -0.39 is 11.7 Å². The summed E-state index contributed by atoms with van der Waals surface area (Å²) in [5.74, 6) is 0. The van der Waals surface area contributed by atoms with Crippen molar-refractivity contribution < 1.29 is 9.53 Å². The number of H-pyrrole nitrogens is 1. The number of ether oxygens (including phenoxy) is 1. The lowest BCUT2D eigenvalue weighted by atomic mass is 10.1. The second-order valence-corrected chi connectivity index (χ2v) is 7.43. The molecule has 0 unspecified atom stereocenters. The van der Waals surface area contributed by atoms with Gasteiger partial charge in [0.25, 0.3) is 0 Å². The molecule has 2 aromatic carbocycles. The fourth-order valence-corrected chi connectivity index (χ4v) is 2.65. The van der Waals surface area contributed by atoms with Crippen LogP contribution in [-0.2, 0) is 4.74 Å². The molecule has 6 nitrogen and oxygen atoms in total. The number of aromatic amines is 1. The molecule has 3 N–H and O–H groups in total. The number of amides is 1. The second kappa shape index (κ2) is 7.72. The zero-order valence-electron chi connectivity index (χ0n) is 15.3. The summed E-state index contributed by atoms with van der Waals surface area (Å²) in [5, 5.41) is 13.8. The highest BCUT2D eigenvalue weighted by Gasteiger charge is 2.16. The lowest BCUT2D eigenvalue weighted by Crippen LogP contribution is -2.27. The number of anilines is 3. The van der Waals surface area contributed by atoms with Gasteiger partial charge in [-0.2, -0.15) is 5.10 Å². The largest absolute Gasteiger partial charge is 0.444 e. The maximum Gasteiger partial charge on any atom is 0.412 e. The molecule has 0 saturated carbocycles. The molecule has 0 saturated heterocycles. The first-order valence-corrected chi connectivity index (χ1v) is 8.84.